The minimum atomic E-state index is 0.559. The van der Waals surface area contributed by atoms with Crippen LogP contribution in [0.4, 0.5) is 5.69 Å². The molecule has 0 saturated heterocycles. The Bertz CT molecular complexity index is 570. The van der Waals surface area contributed by atoms with Gasteiger partial charge in [-0.3, -0.25) is 4.68 Å². The van der Waals surface area contributed by atoms with Crippen LogP contribution in [-0.2, 0) is 0 Å². The first-order chi connectivity index (χ1) is 9.63. The van der Waals surface area contributed by atoms with E-state index in [9.17, 15) is 0 Å². The fourth-order valence-electron chi connectivity index (χ4n) is 3.12. The predicted molar refractivity (Wildman–Crippen MR) is 83.3 cm³/mol. The SMILES string of the molecule is CC1CCC(n2cc(-c3ccc(N)cc3)cn2)CC1C. The zero-order valence-corrected chi connectivity index (χ0v) is 12.3. The van der Waals surface area contributed by atoms with Crippen LogP contribution < -0.4 is 5.73 Å². The average molecular weight is 269 g/mol. The lowest BCUT2D eigenvalue weighted by molar-refractivity contribution is 0.201. The molecule has 106 valence electrons. The van der Waals surface area contributed by atoms with Crippen molar-refractivity contribution in [2.45, 2.75) is 39.2 Å². The zero-order valence-electron chi connectivity index (χ0n) is 12.3. The van der Waals surface area contributed by atoms with Crippen molar-refractivity contribution in [3.05, 3.63) is 36.7 Å². The van der Waals surface area contributed by atoms with Gasteiger partial charge in [-0.2, -0.15) is 5.10 Å². The number of rotatable bonds is 2. The first-order valence-corrected chi connectivity index (χ1v) is 7.53. The highest BCUT2D eigenvalue weighted by Gasteiger charge is 2.26. The first kappa shape index (κ1) is 13.2. The van der Waals surface area contributed by atoms with Gasteiger partial charge in [0.1, 0.15) is 0 Å². The maximum atomic E-state index is 5.73. The van der Waals surface area contributed by atoms with Gasteiger partial charge in [-0.05, 0) is 48.8 Å². The summed E-state index contributed by atoms with van der Waals surface area (Å²) in [6.45, 7) is 4.73. The van der Waals surface area contributed by atoms with Crippen LogP contribution in [0.3, 0.4) is 0 Å². The highest BCUT2D eigenvalue weighted by molar-refractivity contribution is 5.63. The molecule has 0 amide bonds. The summed E-state index contributed by atoms with van der Waals surface area (Å²) in [5.74, 6) is 1.64. The first-order valence-electron chi connectivity index (χ1n) is 7.53. The van der Waals surface area contributed by atoms with E-state index in [1.165, 1.54) is 30.4 Å². The molecule has 1 aliphatic carbocycles. The third kappa shape index (κ3) is 2.58. The molecule has 1 fully saturated rings. The number of aromatic nitrogens is 2. The molecular weight excluding hydrogens is 246 g/mol. The van der Waals surface area contributed by atoms with E-state index in [-0.39, 0.29) is 0 Å². The van der Waals surface area contributed by atoms with Crippen LogP contribution in [0.25, 0.3) is 11.1 Å². The molecule has 1 aromatic heterocycles. The molecule has 1 heterocycles. The average Bonchev–Trinajstić information content (AvgIpc) is 2.92. The van der Waals surface area contributed by atoms with Crippen molar-refractivity contribution in [2.75, 3.05) is 5.73 Å². The summed E-state index contributed by atoms with van der Waals surface area (Å²) in [7, 11) is 0. The van der Waals surface area contributed by atoms with E-state index in [1.807, 2.05) is 18.3 Å². The Kier molecular flexibility index (Phi) is 3.51. The second-order valence-corrected chi connectivity index (χ2v) is 6.25. The van der Waals surface area contributed by atoms with Gasteiger partial charge in [0, 0.05) is 17.4 Å². The third-order valence-corrected chi connectivity index (χ3v) is 4.79. The molecule has 3 heteroatoms. The summed E-state index contributed by atoms with van der Waals surface area (Å²) in [6.07, 6.45) is 7.94. The maximum Gasteiger partial charge on any atom is 0.0568 e. The van der Waals surface area contributed by atoms with Gasteiger partial charge < -0.3 is 5.73 Å². The molecule has 1 saturated carbocycles. The Morgan fingerprint density at radius 3 is 2.50 bits per heavy atom. The van der Waals surface area contributed by atoms with Crippen LogP contribution in [-0.4, -0.2) is 9.78 Å². The molecular formula is C17H23N3. The zero-order chi connectivity index (χ0) is 14.1. The van der Waals surface area contributed by atoms with E-state index >= 15 is 0 Å². The molecule has 3 unspecified atom stereocenters. The standard InChI is InChI=1S/C17H23N3/c1-12-3-8-17(9-13(12)2)20-11-15(10-19-20)14-4-6-16(18)7-5-14/h4-7,10-13,17H,3,8-9,18H2,1-2H3. The third-order valence-electron chi connectivity index (χ3n) is 4.79. The van der Waals surface area contributed by atoms with Crippen molar-refractivity contribution >= 4 is 5.69 Å². The second-order valence-electron chi connectivity index (χ2n) is 6.25. The number of hydrogen-bond acceptors (Lipinski definition) is 2. The molecule has 0 spiro atoms. The number of anilines is 1. The van der Waals surface area contributed by atoms with E-state index in [0.29, 0.717) is 6.04 Å². The van der Waals surface area contributed by atoms with Gasteiger partial charge in [0.05, 0.1) is 12.2 Å². The fourth-order valence-corrected chi connectivity index (χ4v) is 3.12. The Labute approximate surface area is 120 Å². The largest absolute Gasteiger partial charge is 0.399 e. The van der Waals surface area contributed by atoms with E-state index in [1.54, 1.807) is 0 Å². The molecule has 1 aliphatic rings. The molecule has 3 atom stereocenters. The highest BCUT2D eigenvalue weighted by Crippen LogP contribution is 2.36. The Morgan fingerprint density at radius 2 is 1.80 bits per heavy atom. The van der Waals surface area contributed by atoms with Crippen molar-refractivity contribution < 1.29 is 0 Å². The van der Waals surface area contributed by atoms with Crippen molar-refractivity contribution in [1.82, 2.24) is 9.78 Å². The molecule has 0 aliphatic heterocycles. The quantitative estimate of drug-likeness (QED) is 0.833. The van der Waals surface area contributed by atoms with Crippen molar-refractivity contribution in [1.29, 1.82) is 0 Å². The number of nitrogens with two attached hydrogens (primary N) is 1. The summed E-state index contributed by atoms with van der Waals surface area (Å²) in [6, 6.07) is 8.56. The summed E-state index contributed by atoms with van der Waals surface area (Å²) >= 11 is 0. The van der Waals surface area contributed by atoms with Crippen LogP contribution in [0.1, 0.15) is 39.2 Å². The lowest BCUT2D eigenvalue weighted by atomic mass is 9.79. The molecule has 2 aromatic rings. The van der Waals surface area contributed by atoms with E-state index in [0.717, 1.165) is 17.5 Å². The van der Waals surface area contributed by atoms with E-state index in [2.05, 4.69) is 42.0 Å². The summed E-state index contributed by atoms with van der Waals surface area (Å²) in [5.41, 5.74) is 8.90. The van der Waals surface area contributed by atoms with E-state index in [4.69, 9.17) is 5.73 Å². The lowest BCUT2D eigenvalue weighted by Crippen LogP contribution is -2.23. The summed E-state index contributed by atoms with van der Waals surface area (Å²) in [4.78, 5) is 0. The van der Waals surface area contributed by atoms with Gasteiger partial charge in [-0.15, -0.1) is 0 Å². The van der Waals surface area contributed by atoms with E-state index < -0.39 is 0 Å². The fraction of sp³-hybridized carbons (Fsp3) is 0.471. The molecule has 20 heavy (non-hydrogen) atoms. The lowest BCUT2D eigenvalue weighted by Gasteiger charge is -2.32. The molecule has 1 aromatic carbocycles. The van der Waals surface area contributed by atoms with Crippen LogP contribution >= 0.6 is 0 Å². The number of hydrogen-bond donors (Lipinski definition) is 1. The minimum Gasteiger partial charge on any atom is -0.399 e. The van der Waals surface area contributed by atoms with Gasteiger partial charge in [-0.25, -0.2) is 0 Å². The van der Waals surface area contributed by atoms with Gasteiger partial charge in [-0.1, -0.05) is 26.0 Å². The van der Waals surface area contributed by atoms with Gasteiger partial charge in [0.2, 0.25) is 0 Å². The maximum absolute atomic E-state index is 5.73. The molecule has 3 nitrogen and oxygen atoms in total. The van der Waals surface area contributed by atoms with Gasteiger partial charge in [0.15, 0.2) is 0 Å². The van der Waals surface area contributed by atoms with Crippen LogP contribution in [0, 0.1) is 11.8 Å². The van der Waals surface area contributed by atoms with Gasteiger partial charge in [0.25, 0.3) is 0 Å². The van der Waals surface area contributed by atoms with Crippen LogP contribution in [0.15, 0.2) is 36.7 Å². The van der Waals surface area contributed by atoms with Crippen LogP contribution in [0.5, 0.6) is 0 Å². The van der Waals surface area contributed by atoms with Crippen molar-refractivity contribution in [2.24, 2.45) is 11.8 Å². The molecule has 3 rings (SSSR count). The Balaban J connectivity index is 1.78. The van der Waals surface area contributed by atoms with Crippen molar-refractivity contribution in [3.8, 4) is 11.1 Å². The second kappa shape index (κ2) is 5.31. The highest BCUT2D eigenvalue weighted by atomic mass is 15.3. The monoisotopic (exact) mass is 269 g/mol. The molecule has 0 bridgehead atoms. The number of nitrogens with zero attached hydrogens (tertiary/aromatic N) is 2. The predicted octanol–water partition coefficient (Wildman–Crippen LogP) is 4.13. The number of benzene rings is 1. The normalized spacial score (nSPS) is 26.6. The summed E-state index contributed by atoms with van der Waals surface area (Å²) < 4.78 is 2.16. The van der Waals surface area contributed by atoms with Crippen molar-refractivity contribution in [3.63, 3.8) is 0 Å². The topological polar surface area (TPSA) is 43.8 Å². The smallest absolute Gasteiger partial charge is 0.0568 e. The number of nitrogen functional groups attached to an aromatic ring is 1. The Morgan fingerprint density at radius 1 is 1.05 bits per heavy atom. The van der Waals surface area contributed by atoms with Gasteiger partial charge >= 0.3 is 0 Å². The molecule has 0 radical (unpaired) electrons. The van der Waals surface area contributed by atoms with Crippen LogP contribution in [0.2, 0.25) is 0 Å². The summed E-state index contributed by atoms with van der Waals surface area (Å²) in [5, 5.41) is 4.58. The minimum absolute atomic E-state index is 0.559. The Hall–Kier alpha value is -1.77. The molecule has 2 N–H and O–H groups in total.